The van der Waals surface area contributed by atoms with Crippen LogP contribution in [0.5, 0.6) is 0 Å². The smallest absolute Gasteiger partial charge is 0.415 e. The Morgan fingerprint density at radius 1 is 1.31 bits per heavy atom. The first kappa shape index (κ1) is 16.8. The summed E-state index contributed by atoms with van der Waals surface area (Å²) in [5, 5.41) is 4.10. The Balaban J connectivity index is 1.84. The summed E-state index contributed by atoms with van der Waals surface area (Å²) in [6.45, 7) is 5.20. The van der Waals surface area contributed by atoms with Crippen LogP contribution in [0.2, 0.25) is 0 Å². The van der Waals surface area contributed by atoms with E-state index in [9.17, 15) is 9.59 Å². The molecule has 1 amide bonds. The van der Waals surface area contributed by atoms with Crippen molar-refractivity contribution in [2.45, 2.75) is 26.1 Å². The Hall–Kier alpha value is -2.68. The molecule has 0 unspecified atom stereocenters. The Bertz CT molecular complexity index is 873. The molecule has 138 valence electrons. The molecule has 2 aliphatic heterocycles. The molecule has 2 fully saturated rings. The standard InChI is InChI=1S/C17H18FN3O5/c1-9-6-20(7-10(2)25-9)14-11(8-22)5-12-15(13(14)18)26-19-16(12)21-3-4-24-17(21)23/h5,8-10H,3-4,6-7H2,1-2H3/t9-,10-/m1/s1. The molecule has 0 aliphatic carbocycles. The predicted octanol–water partition coefficient (Wildman–Crippen LogP) is 2.35. The average Bonchev–Trinajstić information content (AvgIpc) is 3.19. The van der Waals surface area contributed by atoms with E-state index >= 15 is 4.39 Å². The zero-order valence-corrected chi connectivity index (χ0v) is 14.4. The summed E-state index contributed by atoms with van der Waals surface area (Å²) in [4.78, 5) is 26.5. The number of benzene rings is 1. The van der Waals surface area contributed by atoms with Crippen molar-refractivity contribution < 1.29 is 28.0 Å². The van der Waals surface area contributed by atoms with Crippen LogP contribution in [0, 0.1) is 5.82 Å². The fourth-order valence-electron chi connectivity index (χ4n) is 3.59. The van der Waals surface area contributed by atoms with Gasteiger partial charge in [-0.2, -0.15) is 0 Å². The molecular formula is C17H18FN3O5. The average molecular weight is 363 g/mol. The van der Waals surface area contributed by atoms with Gasteiger partial charge in [-0.05, 0) is 19.9 Å². The van der Waals surface area contributed by atoms with Gasteiger partial charge >= 0.3 is 6.09 Å². The van der Waals surface area contributed by atoms with Gasteiger partial charge in [0.25, 0.3) is 0 Å². The number of carbonyl (C=O) groups excluding carboxylic acids is 2. The van der Waals surface area contributed by atoms with E-state index in [4.69, 9.17) is 14.0 Å². The normalized spacial score (nSPS) is 23.6. The fraction of sp³-hybridized carbons (Fsp3) is 0.471. The van der Waals surface area contributed by atoms with E-state index in [1.54, 1.807) is 4.90 Å². The van der Waals surface area contributed by atoms with E-state index in [0.29, 0.717) is 25.9 Å². The van der Waals surface area contributed by atoms with Gasteiger partial charge < -0.3 is 18.9 Å². The third-order valence-corrected chi connectivity index (χ3v) is 4.57. The topological polar surface area (TPSA) is 85.1 Å². The Morgan fingerprint density at radius 3 is 2.65 bits per heavy atom. The summed E-state index contributed by atoms with van der Waals surface area (Å²) < 4.78 is 31.0. The van der Waals surface area contributed by atoms with Crippen LogP contribution in [-0.4, -0.2) is 56.0 Å². The lowest BCUT2D eigenvalue weighted by atomic mass is 10.1. The number of aldehydes is 1. The summed E-state index contributed by atoms with van der Waals surface area (Å²) in [7, 11) is 0. The minimum absolute atomic E-state index is 0.0907. The van der Waals surface area contributed by atoms with Crippen molar-refractivity contribution in [3.63, 3.8) is 0 Å². The minimum atomic E-state index is -0.669. The molecule has 2 aromatic rings. The number of amides is 1. The third-order valence-electron chi connectivity index (χ3n) is 4.57. The van der Waals surface area contributed by atoms with Gasteiger partial charge in [0.2, 0.25) is 5.58 Å². The molecular weight excluding hydrogens is 345 g/mol. The van der Waals surface area contributed by atoms with E-state index in [1.165, 1.54) is 11.0 Å². The number of ether oxygens (including phenoxy) is 2. The van der Waals surface area contributed by atoms with Crippen molar-refractivity contribution in [2.24, 2.45) is 0 Å². The molecule has 2 saturated heterocycles. The molecule has 1 aromatic heterocycles. The highest BCUT2D eigenvalue weighted by Gasteiger charge is 2.32. The van der Waals surface area contributed by atoms with Crippen molar-refractivity contribution in [2.75, 3.05) is 36.0 Å². The van der Waals surface area contributed by atoms with Gasteiger partial charge in [-0.15, -0.1) is 0 Å². The van der Waals surface area contributed by atoms with Gasteiger partial charge in [-0.25, -0.2) is 9.18 Å². The van der Waals surface area contributed by atoms with E-state index in [2.05, 4.69) is 5.16 Å². The second-order valence-corrected chi connectivity index (χ2v) is 6.56. The molecule has 0 saturated carbocycles. The number of cyclic esters (lactones) is 1. The maximum absolute atomic E-state index is 15.2. The highest BCUT2D eigenvalue weighted by molar-refractivity contribution is 6.03. The second kappa shape index (κ2) is 6.24. The molecule has 0 radical (unpaired) electrons. The lowest BCUT2D eigenvalue weighted by molar-refractivity contribution is -0.00543. The Morgan fingerprint density at radius 2 is 2.04 bits per heavy atom. The molecule has 9 heteroatoms. The molecule has 0 bridgehead atoms. The first-order chi connectivity index (χ1) is 12.5. The van der Waals surface area contributed by atoms with Crippen LogP contribution in [0.25, 0.3) is 11.0 Å². The number of halogens is 1. The number of anilines is 2. The van der Waals surface area contributed by atoms with E-state index < -0.39 is 11.9 Å². The number of aromatic nitrogens is 1. The van der Waals surface area contributed by atoms with E-state index in [-0.39, 0.29) is 46.9 Å². The zero-order chi connectivity index (χ0) is 18.4. The van der Waals surface area contributed by atoms with Gasteiger partial charge in [0.1, 0.15) is 6.61 Å². The van der Waals surface area contributed by atoms with Crippen LogP contribution in [0.15, 0.2) is 10.6 Å². The van der Waals surface area contributed by atoms with E-state index in [1.807, 2.05) is 13.8 Å². The summed E-state index contributed by atoms with van der Waals surface area (Å²) in [5.74, 6) is -0.517. The van der Waals surface area contributed by atoms with Crippen LogP contribution < -0.4 is 9.80 Å². The number of carbonyl (C=O) groups is 2. The highest BCUT2D eigenvalue weighted by Crippen LogP contribution is 2.37. The highest BCUT2D eigenvalue weighted by atomic mass is 19.1. The third kappa shape index (κ3) is 2.59. The van der Waals surface area contributed by atoms with Crippen LogP contribution in [-0.2, 0) is 9.47 Å². The van der Waals surface area contributed by atoms with Gasteiger partial charge in [0.15, 0.2) is 17.9 Å². The summed E-state index contributed by atoms with van der Waals surface area (Å²) in [6.07, 6.45) is -0.175. The van der Waals surface area contributed by atoms with E-state index in [0.717, 1.165) is 0 Å². The first-order valence-corrected chi connectivity index (χ1v) is 8.41. The molecule has 26 heavy (non-hydrogen) atoms. The fourth-order valence-corrected chi connectivity index (χ4v) is 3.59. The summed E-state index contributed by atoms with van der Waals surface area (Å²) in [6, 6.07) is 1.50. The summed E-state index contributed by atoms with van der Waals surface area (Å²) in [5.41, 5.74) is 0.251. The maximum atomic E-state index is 15.2. The van der Waals surface area contributed by atoms with Gasteiger partial charge in [-0.1, -0.05) is 5.16 Å². The molecule has 8 nitrogen and oxygen atoms in total. The predicted molar refractivity (Wildman–Crippen MR) is 90.3 cm³/mol. The van der Waals surface area contributed by atoms with Crippen LogP contribution in [0.3, 0.4) is 0 Å². The monoisotopic (exact) mass is 363 g/mol. The largest absolute Gasteiger partial charge is 0.447 e. The molecule has 0 N–H and O–H groups in total. The summed E-state index contributed by atoms with van der Waals surface area (Å²) >= 11 is 0. The molecule has 2 aliphatic rings. The van der Waals surface area contributed by atoms with Gasteiger partial charge in [-0.3, -0.25) is 9.69 Å². The zero-order valence-electron chi connectivity index (χ0n) is 14.4. The SMILES string of the molecule is C[C@@H]1CN(c2c(C=O)cc3c(N4CCOC4=O)noc3c2F)C[C@@H](C)O1. The number of rotatable bonds is 3. The van der Waals surface area contributed by atoms with Crippen LogP contribution >= 0.6 is 0 Å². The van der Waals surface area contributed by atoms with Crippen molar-refractivity contribution >= 4 is 34.9 Å². The number of nitrogens with zero attached hydrogens (tertiary/aromatic N) is 3. The number of hydrogen-bond donors (Lipinski definition) is 0. The van der Waals surface area contributed by atoms with Crippen molar-refractivity contribution in [1.29, 1.82) is 0 Å². The first-order valence-electron chi connectivity index (χ1n) is 8.41. The minimum Gasteiger partial charge on any atom is -0.447 e. The van der Waals surface area contributed by atoms with Gasteiger partial charge in [0.05, 0.1) is 29.8 Å². The van der Waals surface area contributed by atoms with Crippen LogP contribution in [0.4, 0.5) is 20.7 Å². The second-order valence-electron chi connectivity index (χ2n) is 6.56. The van der Waals surface area contributed by atoms with Crippen molar-refractivity contribution in [1.82, 2.24) is 5.16 Å². The molecule has 2 atom stereocenters. The number of morpholine rings is 1. The van der Waals surface area contributed by atoms with Gasteiger partial charge in [0, 0.05) is 18.7 Å². The van der Waals surface area contributed by atoms with Crippen LogP contribution in [0.1, 0.15) is 24.2 Å². The lowest BCUT2D eigenvalue weighted by Gasteiger charge is -2.37. The molecule has 4 rings (SSSR count). The maximum Gasteiger partial charge on any atom is 0.415 e. The quantitative estimate of drug-likeness (QED) is 0.774. The number of hydrogen-bond acceptors (Lipinski definition) is 7. The Kier molecular flexibility index (Phi) is 4.03. The number of fused-ring (bicyclic) bond motifs is 1. The molecule has 1 aromatic carbocycles. The van der Waals surface area contributed by atoms with Crippen molar-refractivity contribution in [3.8, 4) is 0 Å². The molecule has 0 spiro atoms. The lowest BCUT2D eigenvalue weighted by Crippen LogP contribution is -2.46. The van der Waals surface area contributed by atoms with Crippen molar-refractivity contribution in [3.05, 3.63) is 17.4 Å². The molecule has 3 heterocycles. The Labute approximate surface area is 148 Å².